The Morgan fingerprint density at radius 1 is 1.43 bits per heavy atom. The van der Waals surface area contributed by atoms with Gasteiger partial charge in [0, 0.05) is 13.6 Å². The predicted molar refractivity (Wildman–Crippen MR) is 91.6 cm³/mol. The molecular weight excluding hydrogens is 315 g/mol. The molecule has 2 N–H and O–H groups in total. The molecule has 0 saturated carbocycles. The Kier molecular flexibility index (Phi) is 5.68. The smallest absolute Gasteiger partial charge is 0.256 e. The summed E-state index contributed by atoms with van der Waals surface area (Å²) < 4.78 is 17.6. The van der Waals surface area contributed by atoms with E-state index in [1.54, 1.807) is 13.1 Å². The van der Waals surface area contributed by atoms with Crippen molar-refractivity contribution in [3.8, 4) is 0 Å². The van der Waals surface area contributed by atoms with E-state index in [2.05, 4.69) is 15.0 Å². The van der Waals surface area contributed by atoms with Gasteiger partial charge in [0.2, 0.25) is 0 Å². The maximum atomic E-state index is 13.4. The summed E-state index contributed by atoms with van der Waals surface area (Å²) in [6, 6.07) is 6.33. The molecule has 7 heteroatoms. The fourth-order valence-corrected chi connectivity index (χ4v) is 3.14. The van der Waals surface area contributed by atoms with Crippen molar-refractivity contribution in [3.05, 3.63) is 46.9 Å². The van der Waals surface area contributed by atoms with Crippen LogP contribution in [-0.2, 0) is 0 Å². The van der Waals surface area contributed by atoms with Crippen molar-refractivity contribution in [2.75, 3.05) is 33.0 Å². The molecule has 0 fully saturated rings. The predicted octanol–water partition coefficient (Wildman–Crippen LogP) is 2.67. The van der Waals surface area contributed by atoms with E-state index < -0.39 is 0 Å². The molecule has 124 valence electrons. The topological polar surface area (TPSA) is 57.3 Å². The van der Waals surface area contributed by atoms with Gasteiger partial charge in [0.1, 0.15) is 10.8 Å². The first kappa shape index (κ1) is 17.4. The molecule has 1 aromatic carbocycles. The lowest BCUT2D eigenvalue weighted by atomic mass is 10.1. The second-order valence-corrected chi connectivity index (χ2v) is 6.24. The van der Waals surface area contributed by atoms with Gasteiger partial charge in [-0.05, 0) is 50.2 Å². The van der Waals surface area contributed by atoms with Crippen molar-refractivity contribution in [3.63, 3.8) is 0 Å². The molecule has 0 aliphatic carbocycles. The number of aromatic nitrogens is 1. The third-order valence-electron chi connectivity index (χ3n) is 3.63. The van der Waals surface area contributed by atoms with Crippen LogP contribution >= 0.6 is 11.5 Å². The summed E-state index contributed by atoms with van der Waals surface area (Å²) in [5, 5.41) is 6.65. The van der Waals surface area contributed by atoms with Gasteiger partial charge < -0.3 is 15.5 Å². The quantitative estimate of drug-likeness (QED) is 0.851. The van der Waals surface area contributed by atoms with E-state index >= 15 is 0 Å². The number of anilines is 1. The van der Waals surface area contributed by atoms with E-state index in [0.717, 1.165) is 10.6 Å². The molecule has 0 unspecified atom stereocenters. The summed E-state index contributed by atoms with van der Waals surface area (Å²) in [4.78, 5) is 14.4. The van der Waals surface area contributed by atoms with Crippen LogP contribution in [-0.4, -0.2) is 42.9 Å². The summed E-state index contributed by atoms with van der Waals surface area (Å²) in [5.74, 6) is -0.458. The molecule has 0 radical (unpaired) electrons. The Labute approximate surface area is 139 Å². The third kappa shape index (κ3) is 4.05. The number of hydrogen-bond donors (Lipinski definition) is 2. The molecule has 0 spiro atoms. The third-order valence-corrected chi connectivity index (χ3v) is 4.59. The standard InChI is InChI=1S/C16H21FN4OS/c1-10-14(16(18-2)23-20-10)15(22)19-9-13(21(3)4)11-6-5-7-12(17)8-11/h5-8,13,18H,9H2,1-4H3,(H,19,22)/t13-/m1/s1. The summed E-state index contributed by atoms with van der Waals surface area (Å²) in [5.41, 5.74) is 2.09. The number of carbonyl (C=O) groups excluding carboxylic acids is 1. The average Bonchev–Trinajstić information content (AvgIpc) is 2.88. The van der Waals surface area contributed by atoms with Crippen LogP contribution in [0.25, 0.3) is 0 Å². The number of hydrogen-bond acceptors (Lipinski definition) is 5. The molecule has 1 aromatic heterocycles. The molecule has 0 aliphatic rings. The maximum absolute atomic E-state index is 13.4. The van der Waals surface area contributed by atoms with Crippen LogP contribution in [0.2, 0.25) is 0 Å². The van der Waals surface area contributed by atoms with Crippen LogP contribution in [0.15, 0.2) is 24.3 Å². The molecule has 2 aromatic rings. The minimum Gasteiger partial charge on any atom is -0.378 e. The Morgan fingerprint density at radius 3 is 2.78 bits per heavy atom. The van der Waals surface area contributed by atoms with Gasteiger partial charge in [0.15, 0.2) is 0 Å². The van der Waals surface area contributed by atoms with E-state index in [4.69, 9.17) is 0 Å². The number of nitrogens with zero attached hydrogens (tertiary/aromatic N) is 2. The lowest BCUT2D eigenvalue weighted by Gasteiger charge is -2.25. The van der Waals surface area contributed by atoms with Gasteiger partial charge in [-0.25, -0.2) is 4.39 Å². The second kappa shape index (κ2) is 7.52. The van der Waals surface area contributed by atoms with Crippen molar-refractivity contribution in [1.29, 1.82) is 0 Å². The van der Waals surface area contributed by atoms with Gasteiger partial charge in [-0.3, -0.25) is 4.79 Å². The van der Waals surface area contributed by atoms with Crippen LogP contribution < -0.4 is 10.6 Å². The van der Waals surface area contributed by atoms with Gasteiger partial charge in [-0.2, -0.15) is 4.37 Å². The maximum Gasteiger partial charge on any atom is 0.256 e. The number of nitrogens with one attached hydrogen (secondary N) is 2. The van der Waals surface area contributed by atoms with Crippen LogP contribution in [0.3, 0.4) is 0 Å². The molecule has 0 saturated heterocycles. The van der Waals surface area contributed by atoms with Gasteiger partial charge in [-0.15, -0.1) is 0 Å². The fraction of sp³-hybridized carbons (Fsp3) is 0.375. The Hall–Kier alpha value is -1.99. The van der Waals surface area contributed by atoms with Crippen LogP contribution in [0.4, 0.5) is 9.39 Å². The molecular formula is C16H21FN4OS. The molecule has 2 rings (SSSR count). The number of amides is 1. The molecule has 23 heavy (non-hydrogen) atoms. The van der Waals surface area contributed by atoms with Crippen LogP contribution in [0.5, 0.6) is 0 Å². The molecule has 5 nitrogen and oxygen atoms in total. The SMILES string of the molecule is CNc1snc(C)c1C(=O)NC[C@H](c1cccc(F)c1)N(C)C. The average molecular weight is 336 g/mol. The molecule has 1 atom stereocenters. The van der Waals surface area contributed by atoms with Crippen molar-refractivity contribution in [2.24, 2.45) is 0 Å². The van der Waals surface area contributed by atoms with Crippen molar-refractivity contribution in [2.45, 2.75) is 13.0 Å². The monoisotopic (exact) mass is 336 g/mol. The zero-order valence-electron chi connectivity index (χ0n) is 13.7. The molecule has 1 amide bonds. The minimum absolute atomic E-state index is 0.111. The normalized spacial score (nSPS) is 12.3. The zero-order chi connectivity index (χ0) is 17.0. The highest BCUT2D eigenvalue weighted by molar-refractivity contribution is 7.10. The number of halogens is 1. The fourth-order valence-electron chi connectivity index (χ4n) is 2.40. The van der Waals surface area contributed by atoms with Crippen molar-refractivity contribution >= 4 is 22.4 Å². The van der Waals surface area contributed by atoms with Gasteiger partial charge in [-0.1, -0.05) is 12.1 Å². The van der Waals surface area contributed by atoms with Gasteiger partial charge in [0.25, 0.3) is 5.91 Å². The lowest BCUT2D eigenvalue weighted by Crippen LogP contribution is -2.35. The Morgan fingerprint density at radius 2 is 2.17 bits per heavy atom. The first-order valence-electron chi connectivity index (χ1n) is 7.28. The summed E-state index contributed by atoms with van der Waals surface area (Å²) in [7, 11) is 5.56. The lowest BCUT2D eigenvalue weighted by molar-refractivity contribution is 0.0942. The molecule has 1 heterocycles. The van der Waals surface area contributed by atoms with Crippen LogP contribution in [0.1, 0.15) is 27.7 Å². The number of carbonyl (C=O) groups is 1. The highest BCUT2D eigenvalue weighted by Crippen LogP contribution is 2.24. The number of aryl methyl sites for hydroxylation is 1. The summed E-state index contributed by atoms with van der Waals surface area (Å²) in [6.07, 6.45) is 0. The van der Waals surface area contributed by atoms with Crippen LogP contribution in [0, 0.1) is 12.7 Å². The highest BCUT2D eigenvalue weighted by atomic mass is 32.1. The molecule has 0 aliphatic heterocycles. The first-order chi connectivity index (χ1) is 10.9. The van der Waals surface area contributed by atoms with E-state index in [9.17, 15) is 9.18 Å². The summed E-state index contributed by atoms with van der Waals surface area (Å²) in [6.45, 7) is 2.19. The Bertz CT molecular complexity index is 686. The van der Waals surface area contributed by atoms with E-state index in [0.29, 0.717) is 17.8 Å². The van der Waals surface area contributed by atoms with E-state index in [1.807, 2.05) is 32.0 Å². The minimum atomic E-state index is -0.281. The number of likely N-dealkylation sites (N-methyl/N-ethyl adjacent to an activating group) is 1. The van der Waals surface area contributed by atoms with Gasteiger partial charge in [0.05, 0.1) is 17.3 Å². The van der Waals surface area contributed by atoms with E-state index in [1.165, 1.54) is 23.7 Å². The summed E-state index contributed by atoms with van der Waals surface area (Å²) >= 11 is 1.26. The van der Waals surface area contributed by atoms with Crippen molar-refractivity contribution < 1.29 is 9.18 Å². The largest absolute Gasteiger partial charge is 0.378 e. The van der Waals surface area contributed by atoms with E-state index in [-0.39, 0.29) is 17.8 Å². The number of benzene rings is 1. The zero-order valence-corrected chi connectivity index (χ0v) is 14.5. The van der Waals surface area contributed by atoms with Crippen molar-refractivity contribution in [1.82, 2.24) is 14.6 Å². The highest BCUT2D eigenvalue weighted by Gasteiger charge is 2.20. The number of rotatable bonds is 6. The molecule has 0 bridgehead atoms. The second-order valence-electron chi connectivity index (χ2n) is 5.47. The first-order valence-corrected chi connectivity index (χ1v) is 8.05. The van der Waals surface area contributed by atoms with Gasteiger partial charge >= 0.3 is 0 Å². The Balaban J connectivity index is 2.13.